The van der Waals surface area contributed by atoms with Crippen molar-refractivity contribution in [1.29, 1.82) is 0 Å². The van der Waals surface area contributed by atoms with E-state index in [2.05, 4.69) is 91.0 Å². The Balaban J connectivity index is 1.59. The largest absolute Gasteiger partial charge is 0.353 e. The minimum atomic E-state index is -0.321. The van der Waals surface area contributed by atoms with Gasteiger partial charge in [-0.2, -0.15) is 0 Å². The molecule has 0 spiro atoms. The third-order valence-electron chi connectivity index (χ3n) is 5.44. The number of fused-ring (bicyclic) bond motifs is 5. The fourth-order valence-electron chi connectivity index (χ4n) is 4.30. The fourth-order valence-corrected chi connectivity index (χ4v) is 4.30. The van der Waals surface area contributed by atoms with Crippen LogP contribution in [-0.4, -0.2) is 0 Å². The Kier molecular flexibility index (Phi) is 3.36. The van der Waals surface area contributed by atoms with Gasteiger partial charge in [0.15, 0.2) is 0 Å². The zero-order valence-corrected chi connectivity index (χ0v) is 14.1. The van der Waals surface area contributed by atoms with Crippen LogP contribution < -0.4 is 0 Å². The van der Waals surface area contributed by atoms with Gasteiger partial charge in [-0.1, -0.05) is 84.9 Å². The number of hydrogen-bond donors (Lipinski definition) is 0. The van der Waals surface area contributed by atoms with Crippen molar-refractivity contribution in [2.24, 2.45) is 0 Å². The predicted molar refractivity (Wildman–Crippen MR) is 100 cm³/mol. The van der Waals surface area contributed by atoms with Gasteiger partial charge in [-0.25, -0.2) is 0 Å². The molecule has 0 aliphatic carbocycles. The highest BCUT2D eigenvalue weighted by Gasteiger charge is 2.51. The lowest BCUT2D eigenvalue weighted by Crippen LogP contribution is -2.30. The van der Waals surface area contributed by atoms with Gasteiger partial charge in [0.1, 0.15) is 11.7 Å². The molecule has 2 bridgehead atoms. The van der Waals surface area contributed by atoms with Crippen molar-refractivity contribution in [3.8, 4) is 0 Å². The van der Waals surface area contributed by atoms with Crippen molar-refractivity contribution < 1.29 is 4.74 Å². The predicted octanol–water partition coefficient (Wildman–Crippen LogP) is 5.38. The molecule has 0 amide bonds. The van der Waals surface area contributed by atoms with Gasteiger partial charge in [0.05, 0.1) is 0 Å². The normalized spacial score (nSPS) is 23.4. The Labute approximate surface area is 148 Å². The zero-order valence-electron chi connectivity index (χ0n) is 14.1. The molecule has 2 heterocycles. The quantitative estimate of drug-likeness (QED) is 0.586. The summed E-state index contributed by atoms with van der Waals surface area (Å²) >= 11 is 0. The van der Waals surface area contributed by atoms with E-state index in [0.717, 1.165) is 12.8 Å². The van der Waals surface area contributed by atoms with E-state index in [-0.39, 0.29) is 11.7 Å². The summed E-state index contributed by atoms with van der Waals surface area (Å²) in [6.07, 6.45) is 4.27. The summed E-state index contributed by atoms with van der Waals surface area (Å²) < 4.78 is 6.63. The molecule has 2 aliphatic heterocycles. The average molecular weight is 324 g/mol. The first kappa shape index (κ1) is 14.7. The number of benzene rings is 3. The molecule has 2 aliphatic rings. The average Bonchev–Trinajstić information content (AvgIpc) is 3.17. The van der Waals surface area contributed by atoms with E-state index >= 15 is 0 Å². The minimum absolute atomic E-state index is 0.0959. The van der Waals surface area contributed by atoms with Crippen molar-refractivity contribution in [2.75, 3.05) is 0 Å². The SMILES string of the molecule is C1=C(Cc2ccccc2)C2(Cc3ccccc3)OC1c1ccccc12. The molecule has 25 heavy (non-hydrogen) atoms. The monoisotopic (exact) mass is 324 g/mol. The maximum Gasteiger partial charge on any atom is 0.120 e. The Morgan fingerprint density at radius 1 is 0.720 bits per heavy atom. The van der Waals surface area contributed by atoms with Gasteiger partial charge in [0.25, 0.3) is 0 Å². The third-order valence-corrected chi connectivity index (χ3v) is 5.44. The molecule has 2 unspecified atom stereocenters. The van der Waals surface area contributed by atoms with Crippen LogP contribution in [0.15, 0.2) is 96.6 Å². The van der Waals surface area contributed by atoms with Crippen LogP contribution in [0.1, 0.15) is 28.4 Å². The number of rotatable bonds is 4. The van der Waals surface area contributed by atoms with Crippen molar-refractivity contribution in [3.63, 3.8) is 0 Å². The Bertz CT molecular complexity index is 927. The maximum atomic E-state index is 6.63. The first-order valence-electron chi connectivity index (χ1n) is 8.91. The third kappa shape index (κ3) is 2.35. The van der Waals surface area contributed by atoms with E-state index in [1.807, 2.05) is 0 Å². The number of ether oxygens (including phenoxy) is 1. The fraction of sp³-hybridized carbons (Fsp3) is 0.167. The lowest BCUT2D eigenvalue weighted by Gasteiger charge is -2.31. The van der Waals surface area contributed by atoms with E-state index in [9.17, 15) is 0 Å². The first-order chi connectivity index (χ1) is 12.4. The van der Waals surface area contributed by atoms with Crippen LogP contribution in [0.25, 0.3) is 0 Å². The van der Waals surface area contributed by atoms with Crippen LogP contribution in [0.3, 0.4) is 0 Å². The highest BCUT2D eigenvalue weighted by atomic mass is 16.5. The van der Waals surface area contributed by atoms with Crippen molar-refractivity contribution in [3.05, 3.63) is 119 Å². The Morgan fingerprint density at radius 2 is 1.36 bits per heavy atom. The highest BCUT2D eigenvalue weighted by Crippen LogP contribution is 2.56. The van der Waals surface area contributed by atoms with Gasteiger partial charge in [0, 0.05) is 6.42 Å². The lowest BCUT2D eigenvalue weighted by atomic mass is 9.75. The molecule has 0 saturated heterocycles. The minimum Gasteiger partial charge on any atom is -0.353 e. The summed E-state index contributed by atoms with van der Waals surface area (Å²) in [4.78, 5) is 0. The van der Waals surface area contributed by atoms with Crippen LogP contribution in [-0.2, 0) is 23.2 Å². The summed E-state index contributed by atoms with van der Waals surface area (Å²) in [6.45, 7) is 0. The first-order valence-corrected chi connectivity index (χ1v) is 8.91. The van der Waals surface area contributed by atoms with Crippen molar-refractivity contribution >= 4 is 0 Å². The van der Waals surface area contributed by atoms with E-state index in [1.165, 1.54) is 27.8 Å². The molecule has 0 fully saturated rings. The van der Waals surface area contributed by atoms with E-state index in [0.29, 0.717) is 0 Å². The molecule has 2 atom stereocenters. The van der Waals surface area contributed by atoms with E-state index < -0.39 is 0 Å². The molecule has 0 N–H and O–H groups in total. The highest BCUT2D eigenvalue weighted by molar-refractivity contribution is 5.53. The van der Waals surface area contributed by atoms with Gasteiger partial charge in [-0.3, -0.25) is 0 Å². The summed E-state index contributed by atoms with van der Waals surface area (Å²) in [5.41, 5.74) is 6.41. The summed E-state index contributed by atoms with van der Waals surface area (Å²) in [5, 5.41) is 0. The second-order valence-corrected chi connectivity index (χ2v) is 6.97. The van der Waals surface area contributed by atoms with Gasteiger partial charge in [-0.05, 0) is 40.3 Å². The van der Waals surface area contributed by atoms with E-state index in [1.54, 1.807) is 0 Å². The molecule has 1 heteroatoms. The summed E-state index contributed by atoms with van der Waals surface area (Å²) in [7, 11) is 0. The van der Waals surface area contributed by atoms with Gasteiger partial charge in [0.2, 0.25) is 0 Å². The maximum absolute atomic E-state index is 6.63. The molecule has 122 valence electrons. The van der Waals surface area contributed by atoms with Gasteiger partial charge >= 0.3 is 0 Å². The second-order valence-electron chi connectivity index (χ2n) is 6.97. The smallest absolute Gasteiger partial charge is 0.120 e. The molecular weight excluding hydrogens is 304 g/mol. The Morgan fingerprint density at radius 3 is 2.12 bits per heavy atom. The zero-order chi connectivity index (χ0) is 16.7. The molecule has 0 saturated carbocycles. The van der Waals surface area contributed by atoms with Gasteiger partial charge in [-0.15, -0.1) is 0 Å². The van der Waals surface area contributed by atoms with Crippen molar-refractivity contribution in [2.45, 2.75) is 24.5 Å². The molecule has 1 nitrogen and oxygen atoms in total. The van der Waals surface area contributed by atoms with Gasteiger partial charge < -0.3 is 4.74 Å². The van der Waals surface area contributed by atoms with Crippen LogP contribution in [0.5, 0.6) is 0 Å². The van der Waals surface area contributed by atoms with E-state index in [4.69, 9.17) is 4.74 Å². The van der Waals surface area contributed by atoms with Crippen LogP contribution >= 0.6 is 0 Å². The topological polar surface area (TPSA) is 9.23 Å². The van der Waals surface area contributed by atoms with Crippen LogP contribution in [0.2, 0.25) is 0 Å². The van der Waals surface area contributed by atoms with Crippen LogP contribution in [0, 0.1) is 0 Å². The molecule has 3 aromatic rings. The van der Waals surface area contributed by atoms with Crippen molar-refractivity contribution in [1.82, 2.24) is 0 Å². The summed E-state index contributed by atoms with van der Waals surface area (Å²) in [6, 6.07) is 30.1. The molecule has 0 radical (unpaired) electrons. The Hall–Kier alpha value is -2.64. The number of hydrogen-bond acceptors (Lipinski definition) is 1. The standard InChI is InChI=1S/C24H20O/c1-3-9-18(10-4-1)15-20-16-23-21-13-7-8-14-22(21)24(20,25-23)17-19-11-5-2-6-12-19/h1-14,16,23H,15,17H2. The molecule has 5 rings (SSSR count). The molecule has 3 aromatic carbocycles. The molecular formula is C24H20O. The lowest BCUT2D eigenvalue weighted by molar-refractivity contribution is -0.00986. The second kappa shape index (κ2) is 5.72. The van der Waals surface area contributed by atoms with Crippen LogP contribution in [0.4, 0.5) is 0 Å². The molecule has 0 aromatic heterocycles. The summed E-state index contributed by atoms with van der Waals surface area (Å²) in [5.74, 6) is 0.